The van der Waals surface area contributed by atoms with Crippen LogP contribution in [0.1, 0.15) is 22.3 Å². The first-order valence-electron chi connectivity index (χ1n) is 18.7. The van der Waals surface area contributed by atoms with Crippen molar-refractivity contribution in [1.82, 2.24) is 14.8 Å². The van der Waals surface area contributed by atoms with Crippen molar-refractivity contribution in [2.45, 2.75) is 5.41 Å². The molecule has 0 N–H and O–H groups in total. The highest BCUT2D eigenvalue weighted by Gasteiger charge is 2.51. The van der Waals surface area contributed by atoms with E-state index in [2.05, 4.69) is 174 Å². The maximum Gasteiger partial charge on any atom is 0.168 e. The molecule has 12 rings (SSSR count). The third-order valence-electron chi connectivity index (χ3n) is 11.8. The maximum absolute atomic E-state index is 6.40. The molecule has 55 heavy (non-hydrogen) atoms. The average molecular weight is 702 g/mol. The van der Waals surface area contributed by atoms with E-state index in [4.69, 9.17) is 14.6 Å². The van der Waals surface area contributed by atoms with Gasteiger partial charge in [-0.05, 0) is 68.3 Å². The minimum Gasteiger partial charge on any atom is -0.455 e. The molecule has 0 amide bonds. The number of para-hydroxylation sites is 2. The van der Waals surface area contributed by atoms with Crippen LogP contribution in [0.25, 0.3) is 83.8 Å². The number of fused-ring (bicyclic) bond motifs is 13. The van der Waals surface area contributed by atoms with Gasteiger partial charge >= 0.3 is 0 Å². The van der Waals surface area contributed by atoms with Crippen LogP contribution in [-0.2, 0) is 5.41 Å². The van der Waals surface area contributed by atoms with Crippen molar-refractivity contribution in [3.8, 4) is 61.8 Å². The van der Waals surface area contributed by atoms with Crippen LogP contribution in [0, 0.1) is 0 Å². The first-order chi connectivity index (χ1) is 27.3. The van der Waals surface area contributed by atoms with Gasteiger partial charge in [0, 0.05) is 33.2 Å². The number of aromatic nitrogens is 3. The third-order valence-corrected chi connectivity index (χ3v) is 11.8. The molecule has 2 aliphatic carbocycles. The maximum atomic E-state index is 6.40. The van der Waals surface area contributed by atoms with Crippen molar-refractivity contribution in [3.05, 3.63) is 210 Å². The van der Waals surface area contributed by atoms with Gasteiger partial charge in [-0.25, -0.2) is 0 Å². The van der Waals surface area contributed by atoms with Gasteiger partial charge in [-0.1, -0.05) is 170 Å². The first-order valence-corrected chi connectivity index (χ1v) is 18.7. The summed E-state index contributed by atoms with van der Waals surface area (Å²) < 4.78 is 8.63. The molecule has 4 heteroatoms. The lowest BCUT2D eigenvalue weighted by Crippen LogP contribution is -2.26. The van der Waals surface area contributed by atoms with Crippen molar-refractivity contribution in [2.75, 3.05) is 0 Å². The van der Waals surface area contributed by atoms with Crippen LogP contribution in [0.2, 0.25) is 0 Å². The Morgan fingerprint density at radius 2 is 0.891 bits per heavy atom. The number of rotatable bonds is 4. The number of furan rings is 1. The van der Waals surface area contributed by atoms with E-state index in [-0.39, 0.29) is 0 Å². The Hall–Kier alpha value is -7.30. The second-order valence-corrected chi connectivity index (χ2v) is 14.5. The van der Waals surface area contributed by atoms with Gasteiger partial charge in [0.2, 0.25) is 0 Å². The second-order valence-electron chi connectivity index (χ2n) is 14.5. The SMILES string of the molecule is c1ccc(-c2nnc(-c3ccc(-c4cccc5c4oc4ccccc45)cc3)n2-c2ccc3c(c2)C2(c4ccccc4-c4ccccc42)c2ccccc2-3)cc1. The molecule has 2 heterocycles. The molecule has 0 bridgehead atoms. The predicted octanol–water partition coefficient (Wildman–Crippen LogP) is 12.5. The van der Waals surface area contributed by atoms with Gasteiger partial charge in [-0.2, -0.15) is 0 Å². The molecule has 0 saturated carbocycles. The van der Waals surface area contributed by atoms with Gasteiger partial charge in [0.15, 0.2) is 11.6 Å². The molecular weight excluding hydrogens is 671 g/mol. The summed E-state index contributed by atoms with van der Waals surface area (Å²) in [6.45, 7) is 0. The second kappa shape index (κ2) is 11.3. The molecule has 0 fully saturated rings. The lowest BCUT2D eigenvalue weighted by atomic mass is 9.70. The fraction of sp³-hybridized carbons (Fsp3) is 0.0196. The standard InChI is InChI=1S/C51H31N3O/c1-2-13-33(14-3-1)49-52-53-50(34-27-25-32(26-28-34)36-19-12-20-42-41-18-7-11-24-47(41)55-48(36)42)54(49)35-29-30-40-39-17-6-10-23-45(39)51(46(40)31-35)43-21-8-4-15-37(43)38-16-5-9-22-44(38)51/h1-31H. The minimum atomic E-state index is -0.449. The van der Waals surface area contributed by atoms with Crippen molar-refractivity contribution >= 4 is 21.9 Å². The summed E-state index contributed by atoms with van der Waals surface area (Å²) in [6, 6.07) is 67.3. The van der Waals surface area contributed by atoms with E-state index < -0.39 is 5.41 Å². The monoisotopic (exact) mass is 701 g/mol. The molecule has 2 aliphatic rings. The van der Waals surface area contributed by atoms with Crippen LogP contribution >= 0.6 is 0 Å². The number of hydrogen-bond acceptors (Lipinski definition) is 3. The van der Waals surface area contributed by atoms with E-state index in [0.717, 1.165) is 61.5 Å². The Balaban J connectivity index is 1.06. The third kappa shape index (κ3) is 4.11. The zero-order chi connectivity index (χ0) is 36.1. The fourth-order valence-corrected chi connectivity index (χ4v) is 9.49. The molecule has 256 valence electrons. The van der Waals surface area contributed by atoms with E-state index in [1.165, 1.54) is 44.5 Å². The van der Waals surface area contributed by atoms with E-state index in [1.807, 2.05) is 18.2 Å². The van der Waals surface area contributed by atoms with E-state index in [0.29, 0.717) is 0 Å². The van der Waals surface area contributed by atoms with Gasteiger partial charge in [0.1, 0.15) is 11.2 Å². The van der Waals surface area contributed by atoms with Crippen LogP contribution in [0.15, 0.2) is 192 Å². The molecule has 4 nitrogen and oxygen atoms in total. The lowest BCUT2D eigenvalue weighted by molar-refractivity contribution is 0.670. The summed E-state index contributed by atoms with van der Waals surface area (Å²) in [5.74, 6) is 1.58. The van der Waals surface area contributed by atoms with Crippen molar-refractivity contribution in [2.24, 2.45) is 0 Å². The van der Waals surface area contributed by atoms with E-state index in [1.54, 1.807) is 0 Å². The van der Waals surface area contributed by atoms with Crippen molar-refractivity contribution < 1.29 is 4.42 Å². The summed E-state index contributed by atoms with van der Waals surface area (Å²) in [5.41, 5.74) is 16.8. The zero-order valence-electron chi connectivity index (χ0n) is 29.6. The van der Waals surface area contributed by atoms with Crippen molar-refractivity contribution in [1.29, 1.82) is 0 Å². The topological polar surface area (TPSA) is 43.9 Å². The Morgan fingerprint density at radius 3 is 1.56 bits per heavy atom. The van der Waals surface area contributed by atoms with Gasteiger partial charge in [0.25, 0.3) is 0 Å². The Labute approximate surface area is 317 Å². The predicted molar refractivity (Wildman–Crippen MR) is 221 cm³/mol. The van der Waals surface area contributed by atoms with Crippen LogP contribution in [0.4, 0.5) is 0 Å². The molecule has 0 radical (unpaired) electrons. The summed E-state index contributed by atoms with van der Waals surface area (Å²) in [7, 11) is 0. The summed E-state index contributed by atoms with van der Waals surface area (Å²) in [4.78, 5) is 0. The van der Waals surface area contributed by atoms with E-state index >= 15 is 0 Å². The highest BCUT2D eigenvalue weighted by atomic mass is 16.3. The molecular formula is C51H31N3O. The highest BCUT2D eigenvalue weighted by molar-refractivity contribution is 6.09. The summed E-state index contributed by atoms with van der Waals surface area (Å²) in [5, 5.41) is 12.0. The Kier molecular flexibility index (Phi) is 6.23. The average Bonchev–Trinajstić information content (AvgIpc) is 4.01. The van der Waals surface area contributed by atoms with Crippen LogP contribution in [0.3, 0.4) is 0 Å². The minimum absolute atomic E-state index is 0.449. The lowest BCUT2D eigenvalue weighted by Gasteiger charge is -2.30. The number of hydrogen-bond donors (Lipinski definition) is 0. The smallest absolute Gasteiger partial charge is 0.168 e. The molecule has 2 aromatic heterocycles. The van der Waals surface area contributed by atoms with Crippen LogP contribution in [-0.4, -0.2) is 14.8 Å². The van der Waals surface area contributed by atoms with Gasteiger partial charge in [-0.3, -0.25) is 4.57 Å². The molecule has 0 saturated heterocycles. The Bertz CT molecular complexity index is 3090. The number of nitrogens with zero attached hydrogens (tertiary/aromatic N) is 3. The molecule has 0 unspecified atom stereocenters. The van der Waals surface area contributed by atoms with Crippen LogP contribution in [0.5, 0.6) is 0 Å². The quantitative estimate of drug-likeness (QED) is 0.183. The number of benzene rings is 8. The largest absolute Gasteiger partial charge is 0.455 e. The highest BCUT2D eigenvalue weighted by Crippen LogP contribution is 2.63. The summed E-state index contributed by atoms with van der Waals surface area (Å²) in [6.07, 6.45) is 0. The van der Waals surface area contributed by atoms with Gasteiger partial charge < -0.3 is 4.42 Å². The van der Waals surface area contributed by atoms with Crippen LogP contribution < -0.4 is 0 Å². The Morgan fingerprint density at radius 1 is 0.382 bits per heavy atom. The van der Waals surface area contributed by atoms with Gasteiger partial charge in [0.05, 0.1) is 5.41 Å². The van der Waals surface area contributed by atoms with E-state index in [9.17, 15) is 0 Å². The first kappa shape index (κ1) is 30.2. The molecule has 0 aliphatic heterocycles. The molecule has 8 aromatic carbocycles. The zero-order valence-corrected chi connectivity index (χ0v) is 29.6. The van der Waals surface area contributed by atoms with Crippen molar-refractivity contribution in [3.63, 3.8) is 0 Å². The molecule has 10 aromatic rings. The fourth-order valence-electron chi connectivity index (χ4n) is 9.49. The molecule has 0 atom stereocenters. The normalized spacial score (nSPS) is 13.2. The summed E-state index contributed by atoms with van der Waals surface area (Å²) >= 11 is 0. The molecule has 1 spiro atoms. The van der Waals surface area contributed by atoms with Gasteiger partial charge in [-0.15, -0.1) is 10.2 Å².